The predicted molar refractivity (Wildman–Crippen MR) is 62.8 cm³/mol. The Morgan fingerprint density at radius 1 is 1.13 bits per heavy atom. The number of hydrogen-bond acceptors (Lipinski definition) is 2. The van der Waals surface area contributed by atoms with Crippen LogP contribution in [0, 0.1) is 0 Å². The number of hydrogen-bond donors (Lipinski definition) is 1. The van der Waals surface area contributed by atoms with Crippen LogP contribution in [0.3, 0.4) is 0 Å². The van der Waals surface area contributed by atoms with Crippen LogP contribution in [0.1, 0.15) is 33.1 Å². The Morgan fingerprint density at radius 2 is 1.80 bits per heavy atom. The number of nitrogens with one attached hydrogen (secondary N) is 1. The highest BCUT2D eigenvalue weighted by molar-refractivity contribution is 5.67. The second kappa shape index (κ2) is 10.8. The highest BCUT2D eigenvalue weighted by atomic mass is 16.5. The first-order valence-corrected chi connectivity index (χ1v) is 5.51. The van der Waals surface area contributed by atoms with Crippen LogP contribution in [0.25, 0.3) is 0 Å². The Bertz CT molecular complexity index is 210. The van der Waals surface area contributed by atoms with Gasteiger partial charge in [-0.2, -0.15) is 0 Å². The lowest BCUT2D eigenvalue weighted by molar-refractivity contribution is 0.153. The minimum Gasteiger partial charge on any atom is -0.450 e. The SMILES string of the molecule is CCC=CCCC=CCNC(=O)OCC. The lowest BCUT2D eigenvalue weighted by Gasteiger charge is -2.00. The summed E-state index contributed by atoms with van der Waals surface area (Å²) in [4.78, 5) is 10.8. The molecule has 15 heavy (non-hydrogen) atoms. The molecule has 0 fully saturated rings. The first kappa shape index (κ1) is 13.8. The van der Waals surface area contributed by atoms with Gasteiger partial charge in [0.2, 0.25) is 0 Å². The van der Waals surface area contributed by atoms with E-state index in [2.05, 4.69) is 30.5 Å². The van der Waals surface area contributed by atoms with E-state index in [0.29, 0.717) is 13.2 Å². The maximum absolute atomic E-state index is 10.8. The fraction of sp³-hybridized carbons (Fsp3) is 0.583. The first-order valence-electron chi connectivity index (χ1n) is 5.51. The average Bonchev–Trinajstić information content (AvgIpc) is 2.22. The van der Waals surface area contributed by atoms with Gasteiger partial charge in [0.1, 0.15) is 0 Å². The Kier molecular flexibility index (Phi) is 9.93. The molecule has 0 saturated carbocycles. The molecule has 3 heteroatoms. The molecule has 0 heterocycles. The van der Waals surface area contributed by atoms with E-state index in [-0.39, 0.29) is 6.09 Å². The fourth-order valence-corrected chi connectivity index (χ4v) is 1.00. The Labute approximate surface area is 92.2 Å². The van der Waals surface area contributed by atoms with Crippen molar-refractivity contribution in [3.05, 3.63) is 24.3 Å². The molecule has 0 spiro atoms. The van der Waals surface area contributed by atoms with Crippen molar-refractivity contribution in [3.63, 3.8) is 0 Å². The number of allylic oxidation sites excluding steroid dienone is 3. The third-order valence-electron chi connectivity index (χ3n) is 1.71. The van der Waals surface area contributed by atoms with Crippen LogP contribution in [0.4, 0.5) is 4.79 Å². The van der Waals surface area contributed by atoms with Gasteiger partial charge in [0, 0.05) is 6.54 Å². The summed E-state index contributed by atoms with van der Waals surface area (Å²) in [7, 11) is 0. The monoisotopic (exact) mass is 211 g/mol. The van der Waals surface area contributed by atoms with E-state index in [1.165, 1.54) is 0 Å². The van der Waals surface area contributed by atoms with Gasteiger partial charge in [-0.3, -0.25) is 0 Å². The van der Waals surface area contributed by atoms with E-state index in [4.69, 9.17) is 4.74 Å². The third-order valence-corrected chi connectivity index (χ3v) is 1.71. The minimum atomic E-state index is -0.354. The van der Waals surface area contributed by atoms with Crippen LogP contribution in [0.2, 0.25) is 0 Å². The van der Waals surface area contributed by atoms with E-state index in [1.807, 2.05) is 6.08 Å². The van der Waals surface area contributed by atoms with Crippen molar-refractivity contribution in [3.8, 4) is 0 Å². The molecule has 0 aromatic rings. The molecule has 86 valence electrons. The van der Waals surface area contributed by atoms with E-state index in [9.17, 15) is 4.79 Å². The van der Waals surface area contributed by atoms with Crippen LogP contribution in [-0.4, -0.2) is 19.2 Å². The predicted octanol–water partition coefficient (Wildman–Crippen LogP) is 3.04. The normalized spacial score (nSPS) is 11.1. The van der Waals surface area contributed by atoms with E-state index < -0.39 is 0 Å². The van der Waals surface area contributed by atoms with Gasteiger partial charge in [0.25, 0.3) is 0 Å². The topological polar surface area (TPSA) is 38.3 Å². The van der Waals surface area contributed by atoms with Crippen molar-refractivity contribution >= 4 is 6.09 Å². The van der Waals surface area contributed by atoms with Gasteiger partial charge in [-0.05, 0) is 26.2 Å². The molecule has 3 nitrogen and oxygen atoms in total. The summed E-state index contributed by atoms with van der Waals surface area (Å²) in [6, 6.07) is 0. The Hall–Kier alpha value is -1.25. The zero-order valence-corrected chi connectivity index (χ0v) is 9.66. The number of carbonyl (C=O) groups excluding carboxylic acids is 1. The summed E-state index contributed by atoms with van der Waals surface area (Å²) in [5.74, 6) is 0. The summed E-state index contributed by atoms with van der Waals surface area (Å²) in [6.45, 7) is 4.86. The summed E-state index contributed by atoms with van der Waals surface area (Å²) in [6.07, 6.45) is 11.1. The number of rotatable bonds is 7. The van der Waals surface area contributed by atoms with Gasteiger partial charge in [0.15, 0.2) is 0 Å². The highest BCUT2D eigenvalue weighted by Crippen LogP contribution is 1.93. The molecule has 0 rings (SSSR count). The zero-order chi connectivity index (χ0) is 11.4. The number of ether oxygens (including phenoxy) is 1. The van der Waals surface area contributed by atoms with Gasteiger partial charge in [-0.15, -0.1) is 0 Å². The van der Waals surface area contributed by atoms with E-state index in [1.54, 1.807) is 6.92 Å². The quantitative estimate of drug-likeness (QED) is 0.519. The van der Waals surface area contributed by atoms with Crippen LogP contribution in [0.5, 0.6) is 0 Å². The van der Waals surface area contributed by atoms with Crippen molar-refractivity contribution in [2.75, 3.05) is 13.2 Å². The molecular formula is C12H21NO2. The van der Waals surface area contributed by atoms with Crippen molar-refractivity contribution in [2.24, 2.45) is 0 Å². The van der Waals surface area contributed by atoms with E-state index >= 15 is 0 Å². The Balaban J connectivity index is 3.31. The molecule has 1 amide bonds. The average molecular weight is 211 g/mol. The number of carbonyl (C=O) groups is 1. The molecule has 1 N–H and O–H groups in total. The van der Waals surface area contributed by atoms with Crippen LogP contribution >= 0.6 is 0 Å². The van der Waals surface area contributed by atoms with Gasteiger partial charge < -0.3 is 10.1 Å². The van der Waals surface area contributed by atoms with Gasteiger partial charge in [0.05, 0.1) is 6.61 Å². The summed E-state index contributed by atoms with van der Waals surface area (Å²) >= 11 is 0. The van der Waals surface area contributed by atoms with Gasteiger partial charge in [-0.25, -0.2) is 4.79 Å². The number of amides is 1. The molecular weight excluding hydrogens is 190 g/mol. The number of unbranched alkanes of at least 4 members (excludes halogenated alkanes) is 1. The lowest BCUT2D eigenvalue weighted by Crippen LogP contribution is -2.24. The molecule has 0 aromatic carbocycles. The highest BCUT2D eigenvalue weighted by Gasteiger charge is 1.94. The molecule has 0 bridgehead atoms. The standard InChI is InChI=1S/C12H21NO2/c1-3-5-6-7-8-9-10-11-13-12(14)15-4-2/h5-6,9-10H,3-4,7-8,11H2,1-2H3,(H,13,14). The van der Waals surface area contributed by atoms with Gasteiger partial charge in [-0.1, -0.05) is 31.2 Å². The second-order valence-corrected chi connectivity index (χ2v) is 3.03. The van der Waals surface area contributed by atoms with Crippen LogP contribution in [0.15, 0.2) is 24.3 Å². The smallest absolute Gasteiger partial charge is 0.407 e. The molecule has 0 unspecified atom stereocenters. The maximum Gasteiger partial charge on any atom is 0.407 e. The van der Waals surface area contributed by atoms with Crippen molar-refractivity contribution < 1.29 is 9.53 Å². The number of alkyl carbamates (subject to hydrolysis) is 1. The molecule has 0 aliphatic rings. The molecule has 0 radical (unpaired) electrons. The molecule has 0 aliphatic carbocycles. The minimum absolute atomic E-state index is 0.354. The zero-order valence-electron chi connectivity index (χ0n) is 9.66. The molecule has 0 aromatic heterocycles. The summed E-state index contributed by atoms with van der Waals surface area (Å²) in [5.41, 5.74) is 0. The fourth-order valence-electron chi connectivity index (χ4n) is 1.00. The van der Waals surface area contributed by atoms with E-state index in [0.717, 1.165) is 19.3 Å². The lowest BCUT2D eigenvalue weighted by atomic mass is 10.2. The third kappa shape index (κ3) is 10.7. The summed E-state index contributed by atoms with van der Waals surface area (Å²) < 4.78 is 4.71. The van der Waals surface area contributed by atoms with Gasteiger partial charge >= 0.3 is 6.09 Å². The van der Waals surface area contributed by atoms with Crippen LogP contribution < -0.4 is 5.32 Å². The molecule has 0 saturated heterocycles. The second-order valence-electron chi connectivity index (χ2n) is 3.03. The molecule has 0 atom stereocenters. The summed E-state index contributed by atoms with van der Waals surface area (Å²) in [5, 5.41) is 2.62. The van der Waals surface area contributed by atoms with Crippen molar-refractivity contribution in [1.82, 2.24) is 5.32 Å². The largest absolute Gasteiger partial charge is 0.450 e. The van der Waals surface area contributed by atoms with Crippen LogP contribution in [-0.2, 0) is 4.74 Å². The van der Waals surface area contributed by atoms with Crippen molar-refractivity contribution in [1.29, 1.82) is 0 Å². The Morgan fingerprint density at radius 3 is 2.40 bits per heavy atom. The van der Waals surface area contributed by atoms with Crippen molar-refractivity contribution in [2.45, 2.75) is 33.1 Å². The first-order chi connectivity index (χ1) is 7.31. The molecule has 0 aliphatic heterocycles. The maximum atomic E-state index is 10.8.